The molecule has 8 nitrogen and oxygen atoms in total. The van der Waals surface area contributed by atoms with Crippen molar-refractivity contribution in [1.29, 1.82) is 0 Å². The number of nitrogens with two attached hydrogens (primary N) is 1. The summed E-state index contributed by atoms with van der Waals surface area (Å²) in [4.78, 5) is 25.2. The predicted octanol–water partition coefficient (Wildman–Crippen LogP) is 5.93. The first-order chi connectivity index (χ1) is 18.3. The summed E-state index contributed by atoms with van der Waals surface area (Å²) in [6, 6.07) is 23.4. The molecular weight excluding hydrogens is 482 g/mol. The van der Waals surface area contributed by atoms with Crippen molar-refractivity contribution in [3.63, 3.8) is 0 Å². The zero-order chi connectivity index (χ0) is 27.4. The Hall–Kier alpha value is -4.30. The summed E-state index contributed by atoms with van der Waals surface area (Å²) in [6.45, 7) is 3.97. The molecule has 0 spiro atoms. The van der Waals surface area contributed by atoms with Gasteiger partial charge in [-0.3, -0.25) is 10.1 Å². The SMILES string of the molecule is CC(C)(CC/C=C/C(=O)Nc1ccccc1N)[C@H](OC(=O)Nc1ccccc1)c1ccccc1OCCO. The zero-order valence-electron chi connectivity index (χ0n) is 21.7. The number of amides is 2. The van der Waals surface area contributed by atoms with Crippen LogP contribution in [0.15, 0.2) is 91.0 Å². The van der Waals surface area contributed by atoms with Gasteiger partial charge in [0.25, 0.3) is 0 Å². The normalized spacial score (nSPS) is 12.1. The van der Waals surface area contributed by atoms with Gasteiger partial charge in [0.05, 0.1) is 18.0 Å². The van der Waals surface area contributed by atoms with E-state index >= 15 is 0 Å². The minimum Gasteiger partial charge on any atom is -0.491 e. The fourth-order valence-corrected chi connectivity index (χ4v) is 3.97. The van der Waals surface area contributed by atoms with Crippen LogP contribution in [0.4, 0.5) is 21.9 Å². The van der Waals surface area contributed by atoms with Gasteiger partial charge in [0.15, 0.2) is 0 Å². The summed E-state index contributed by atoms with van der Waals surface area (Å²) in [5.41, 5.74) is 7.70. The molecule has 3 aromatic rings. The van der Waals surface area contributed by atoms with Crippen molar-refractivity contribution in [3.05, 3.63) is 96.6 Å². The van der Waals surface area contributed by atoms with Crippen LogP contribution in [0.1, 0.15) is 38.4 Å². The number of aliphatic hydroxyl groups is 1. The molecule has 0 aliphatic rings. The van der Waals surface area contributed by atoms with Gasteiger partial charge in [-0.1, -0.05) is 68.5 Å². The molecule has 0 saturated carbocycles. The third-order valence-electron chi connectivity index (χ3n) is 5.95. The van der Waals surface area contributed by atoms with Gasteiger partial charge in [0.2, 0.25) is 5.91 Å². The first-order valence-electron chi connectivity index (χ1n) is 12.5. The first kappa shape index (κ1) is 28.3. The van der Waals surface area contributed by atoms with E-state index in [1.165, 1.54) is 6.08 Å². The minimum absolute atomic E-state index is 0.115. The first-order valence-corrected chi connectivity index (χ1v) is 12.5. The molecule has 0 unspecified atom stereocenters. The van der Waals surface area contributed by atoms with Crippen LogP contribution in [-0.2, 0) is 9.53 Å². The number of allylic oxidation sites excluding steroid dienone is 1. The molecule has 3 rings (SSSR count). The number of rotatable bonds is 12. The standard InChI is InChI=1S/C30H35N3O5/c1-30(2,19-11-10-18-27(35)33-25-16-8-7-15-24(25)31)28(23-14-6-9-17-26(23)37-21-20-34)38-29(36)32-22-12-4-3-5-13-22/h3-10,12-18,28,34H,11,19-21,31H2,1-2H3,(H,32,36)(H,33,35)/b18-10+/t28-/m1/s1. The maximum absolute atomic E-state index is 12.9. The van der Waals surface area contributed by atoms with Gasteiger partial charge < -0.3 is 25.6 Å². The molecular formula is C30H35N3O5. The highest BCUT2D eigenvalue weighted by Crippen LogP contribution is 2.44. The van der Waals surface area contributed by atoms with E-state index in [-0.39, 0.29) is 19.1 Å². The van der Waals surface area contributed by atoms with Crippen molar-refractivity contribution in [1.82, 2.24) is 0 Å². The molecule has 2 amide bonds. The van der Waals surface area contributed by atoms with Crippen molar-refractivity contribution in [2.45, 2.75) is 32.8 Å². The Labute approximate surface area is 223 Å². The Morgan fingerprint density at radius 2 is 1.66 bits per heavy atom. The van der Waals surface area contributed by atoms with Crippen molar-refractivity contribution in [2.24, 2.45) is 5.41 Å². The van der Waals surface area contributed by atoms with Gasteiger partial charge in [-0.2, -0.15) is 0 Å². The summed E-state index contributed by atoms with van der Waals surface area (Å²) in [7, 11) is 0. The molecule has 38 heavy (non-hydrogen) atoms. The molecule has 0 aromatic heterocycles. The number of carbonyl (C=O) groups is 2. The minimum atomic E-state index is -0.674. The fraction of sp³-hybridized carbons (Fsp3) is 0.267. The van der Waals surface area contributed by atoms with Crippen molar-refractivity contribution >= 4 is 29.1 Å². The highest BCUT2D eigenvalue weighted by Gasteiger charge is 2.35. The lowest BCUT2D eigenvalue weighted by Crippen LogP contribution is -2.29. The Bertz CT molecular complexity index is 1230. The summed E-state index contributed by atoms with van der Waals surface area (Å²) in [5.74, 6) is 0.251. The number of anilines is 3. The second-order valence-corrected chi connectivity index (χ2v) is 9.39. The third-order valence-corrected chi connectivity index (χ3v) is 5.95. The van der Waals surface area contributed by atoms with E-state index in [9.17, 15) is 14.7 Å². The van der Waals surface area contributed by atoms with Crippen LogP contribution in [0.5, 0.6) is 5.75 Å². The van der Waals surface area contributed by atoms with Crippen molar-refractivity contribution in [2.75, 3.05) is 29.6 Å². The average molecular weight is 518 g/mol. The smallest absolute Gasteiger partial charge is 0.412 e. The third kappa shape index (κ3) is 8.38. The van der Waals surface area contributed by atoms with Crippen molar-refractivity contribution < 1.29 is 24.2 Å². The number of ether oxygens (including phenoxy) is 2. The number of hydrogen-bond acceptors (Lipinski definition) is 6. The Morgan fingerprint density at radius 3 is 2.39 bits per heavy atom. The van der Waals surface area contributed by atoms with Gasteiger partial charge in [-0.15, -0.1) is 0 Å². The summed E-state index contributed by atoms with van der Waals surface area (Å²) in [5, 5.41) is 14.8. The van der Waals surface area contributed by atoms with Gasteiger partial charge in [-0.05, 0) is 49.2 Å². The monoisotopic (exact) mass is 517 g/mol. The number of hydrogen-bond donors (Lipinski definition) is 4. The Balaban J connectivity index is 1.73. The number of benzene rings is 3. The molecule has 3 aromatic carbocycles. The molecule has 0 heterocycles. The molecule has 0 aliphatic carbocycles. The van der Waals surface area contributed by atoms with Crippen LogP contribution in [-0.4, -0.2) is 30.3 Å². The molecule has 0 bridgehead atoms. The van der Waals surface area contributed by atoms with E-state index in [0.29, 0.717) is 41.2 Å². The van der Waals surface area contributed by atoms with Crippen LogP contribution >= 0.6 is 0 Å². The topological polar surface area (TPSA) is 123 Å². The molecule has 0 radical (unpaired) electrons. The maximum Gasteiger partial charge on any atom is 0.412 e. The fourth-order valence-electron chi connectivity index (χ4n) is 3.97. The van der Waals surface area contributed by atoms with Crippen LogP contribution in [0.25, 0.3) is 0 Å². The molecule has 0 aliphatic heterocycles. The van der Waals surface area contributed by atoms with Crippen LogP contribution in [0.3, 0.4) is 0 Å². The highest BCUT2D eigenvalue weighted by atomic mass is 16.6. The molecule has 0 fully saturated rings. The molecule has 200 valence electrons. The predicted molar refractivity (Wildman–Crippen MR) is 150 cm³/mol. The number of carbonyl (C=O) groups excluding carboxylic acids is 2. The number of nitrogens with one attached hydrogen (secondary N) is 2. The van der Waals surface area contributed by atoms with Gasteiger partial charge in [-0.25, -0.2) is 4.79 Å². The Kier molecular flexibility index (Phi) is 10.3. The lowest BCUT2D eigenvalue weighted by molar-refractivity contribution is -0.111. The zero-order valence-corrected chi connectivity index (χ0v) is 21.7. The second kappa shape index (κ2) is 13.9. The Morgan fingerprint density at radius 1 is 0.974 bits per heavy atom. The van der Waals surface area contributed by atoms with Gasteiger partial charge in [0.1, 0.15) is 18.5 Å². The second-order valence-electron chi connectivity index (χ2n) is 9.39. The quantitative estimate of drug-likeness (QED) is 0.174. The van der Waals surface area contributed by atoms with Gasteiger partial charge >= 0.3 is 6.09 Å². The molecule has 1 atom stereocenters. The summed E-state index contributed by atoms with van der Waals surface area (Å²) >= 11 is 0. The van der Waals surface area contributed by atoms with Crippen LogP contribution in [0.2, 0.25) is 0 Å². The van der Waals surface area contributed by atoms with E-state index in [2.05, 4.69) is 10.6 Å². The summed E-state index contributed by atoms with van der Waals surface area (Å²) < 4.78 is 11.7. The molecule has 5 N–H and O–H groups in total. The number of aliphatic hydroxyl groups excluding tert-OH is 1. The molecule has 8 heteroatoms. The van der Waals surface area contributed by atoms with E-state index in [4.69, 9.17) is 15.2 Å². The lowest BCUT2D eigenvalue weighted by Gasteiger charge is -2.35. The summed E-state index contributed by atoms with van der Waals surface area (Å²) in [6.07, 6.45) is 3.14. The van der Waals surface area contributed by atoms with E-state index in [1.807, 2.05) is 50.2 Å². The number of para-hydroxylation sites is 4. The maximum atomic E-state index is 12.9. The van der Waals surface area contributed by atoms with Crippen molar-refractivity contribution in [3.8, 4) is 5.75 Å². The van der Waals surface area contributed by atoms with E-state index < -0.39 is 17.6 Å². The van der Waals surface area contributed by atoms with Crippen LogP contribution in [0, 0.1) is 5.41 Å². The average Bonchev–Trinajstić information content (AvgIpc) is 2.90. The van der Waals surface area contributed by atoms with Crippen LogP contribution < -0.4 is 21.1 Å². The number of nitrogen functional groups attached to an aromatic ring is 1. The highest BCUT2D eigenvalue weighted by molar-refractivity contribution is 6.01. The van der Waals surface area contributed by atoms with Gasteiger partial charge in [0, 0.05) is 16.7 Å². The van der Waals surface area contributed by atoms with E-state index in [1.54, 1.807) is 48.5 Å². The largest absolute Gasteiger partial charge is 0.491 e. The lowest BCUT2D eigenvalue weighted by atomic mass is 9.78. The molecule has 0 saturated heterocycles. The van der Waals surface area contributed by atoms with E-state index in [0.717, 1.165) is 0 Å².